The molecule has 26 heavy (non-hydrogen) atoms. The Morgan fingerprint density at radius 1 is 1.42 bits per heavy atom. The monoisotopic (exact) mass is 414 g/mol. The van der Waals surface area contributed by atoms with Crippen molar-refractivity contribution >= 4 is 38.6 Å². The third-order valence-corrected chi connectivity index (χ3v) is 4.02. The molecule has 0 aliphatic carbocycles. The smallest absolute Gasteiger partial charge is 0.309 e. The van der Waals surface area contributed by atoms with Crippen molar-refractivity contribution in [2.24, 2.45) is 5.92 Å². The number of nitriles is 1. The van der Waals surface area contributed by atoms with E-state index in [1.807, 2.05) is 32.0 Å². The number of rotatable bonds is 5. The van der Waals surface area contributed by atoms with Gasteiger partial charge in [0.05, 0.1) is 9.86 Å². The maximum absolute atomic E-state index is 12.7. The zero-order valence-corrected chi connectivity index (χ0v) is 15.7. The van der Waals surface area contributed by atoms with Crippen LogP contribution in [0.2, 0.25) is 0 Å². The Morgan fingerprint density at radius 2 is 2.19 bits per heavy atom. The van der Waals surface area contributed by atoms with Gasteiger partial charge in [-0.15, -0.1) is 0 Å². The quantitative estimate of drug-likeness (QED) is 0.638. The highest BCUT2D eigenvalue weighted by molar-refractivity contribution is 9.10. The summed E-state index contributed by atoms with van der Waals surface area (Å²) in [4.78, 5) is 20.8. The van der Waals surface area contributed by atoms with Gasteiger partial charge in [0.2, 0.25) is 11.6 Å². The number of nitrogens with zero attached hydrogens (tertiary/aromatic N) is 5. The molecule has 0 unspecified atom stereocenters. The van der Waals surface area contributed by atoms with Crippen LogP contribution in [0.5, 0.6) is 0 Å². The molecule has 3 aromatic rings. The van der Waals surface area contributed by atoms with Crippen LogP contribution in [0.1, 0.15) is 30.2 Å². The van der Waals surface area contributed by atoms with Crippen molar-refractivity contribution in [2.45, 2.75) is 13.8 Å². The summed E-state index contributed by atoms with van der Waals surface area (Å²) < 4.78 is 5.76. The summed E-state index contributed by atoms with van der Waals surface area (Å²) in [6.07, 6.45) is 1.48. The Kier molecular flexibility index (Phi) is 5.14. The Bertz CT molecular complexity index is 994. The number of carbonyl (C=O) groups excluding carboxylic acids is 1. The van der Waals surface area contributed by atoms with E-state index in [-0.39, 0.29) is 17.5 Å². The van der Waals surface area contributed by atoms with Gasteiger partial charge in [0.15, 0.2) is 5.82 Å². The Hall–Kier alpha value is -2.99. The number of hydrogen-bond donors (Lipinski definition) is 1. The fourth-order valence-electron chi connectivity index (χ4n) is 2.38. The molecule has 0 fully saturated rings. The van der Waals surface area contributed by atoms with Crippen LogP contribution in [0.25, 0.3) is 10.9 Å². The molecule has 0 spiro atoms. The van der Waals surface area contributed by atoms with Crippen molar-refractivity contribution in [1.82, 2.24) is 20.6 Å². The fraction of sp³-hybridized carbons (Fsp3) is 0.235. The van der Waals surface area contributed by atoms with Crippen LogP contribution in [0.3, 0.4) is 0 Å². The van der Waals surface area contributed by atoms with Crippen LogP contribution in [-0.2, 0) is 0 Å². The first-order chi connectivity index (χ1) is 12.5. The summed E-state index contributed by atoms with van der Waals surface area (Å²) in [5.74, 6) is 0.274. The lowest BCUT2D eigenvalue weighted by atomic mass is 10.2. The van der Waals surface area contributed by atoms with E-state index in [1.54, 1.807) is 17.1 Å². The van der Waals surface area contributed by atoms with Crippen LogP contribution < -0.4 is 10.4 Å². The van der Waals surface area contributed by atoms with Crippen molar-refractivity contribution < 1.29 is 9.32 Å². The number of benzene rings is 1. The maximum atomic E-state index is 12.7. The summed E-state index contributed by atoms with van der Waals surface area (Å²) in [6, 6.07) is 9.05. The third-order valence-electron chi connectivity index (χ3n) is 3.46. The lowest BCUT2D eigenvalue weighted by Gasteiger charge is -2.26. The molecule has 0 atom stereocenters. The SMILES string of the molecule is CC(C)CN(NC(=O)c1onc2ccccc12)c1nc(C#N)ncc1Br. The van der Waals surface area contributed by atoms with E-state index in [1.165, 1.54) is 6.20 Å². The normalized spacial score (nSPS) is 10.7. The number of fused-ring (bicyclic) bond motifs is 1. The molecular weight excluding hydrogens is 400 g/mol. The zero-order valence-electron chi connectivity index (χ0n) is 14.1. The minimum Gasteiger partial charge on any atom is -0.350 e. The number of halogens is 1. The highest BCUT2D eigenvalue weighted by Crippen LogP contribution is 2.24. The molecule has 0 saturated carbocycles. The van der Waals surface area contributed by atoms with Crippen molar-refractivity contribution in [3.8, 4) is 6.07 Å². The average Bonchev–Trinajstić information content (AvgIpc) is 3.05. The number of amides is 1. The summed E-state index contributed by atoms with van der Waals surface area (Å²) in [7, 11) is 0. The van der Waals surface area contributed by atoms with E-state index in [4.69, 9.17) is 9.78 Å². The molecule has 1 aromatic carbocycles. The first-order valence-electron chi connectivity index (χ1n) is 7.85. The van der Waals surface area contributed by atoms with Gasteiger partial charge < -0.3 is 4.52 Å². The Balaban J connectivity index is 1.94. The molecule has 2 aromatic heterocycles. The molecule has 132 valence electrons. The van der Waals surface area contributed by atoms with Gasteiger partial charge in [-0.2, -0.15) is 10.2 Å². The third kappa shape index (κ3) is 3.65. The molecule has 9 heteroatoms. The second kappa shape index (κ2) is 7.49. The van der Waals surface area contributed by atoms with Crippen LogP contribution in [0, 0.1) is 17.2 Å². The molecule has 2 heterocycles. The van der Waals surface area contributed by atoms with Crippen LogP contribution >= 0.6 is 15.9 Å². The van der Waals surface area contributed by atoms with Crippen molar-refractivity contribution in [2.75, 3.05) is 11.6 Å². The average molecular weight is 415 g/mol. The van der Waals surface area contributed by atoms with Gasteiger partial charge in [-0.25, -0.2) is 4.98 Å². The summed E-state index contributed by atoms with van der Waals surface area (Å²) in [6.45, 7) is 4.48. The molecule has 3 rings (SSSR count). The van der Waals surface area contributed by atoms with E-state index in [2.05, 4.69) is 36.5 Å². The van der Waals surface area contributed by atoms with Gasteiger partial charge >= 0.3 is 5.91 Å². The van der Waals surface area contributed by atoms with Crippen molar-refractivity contribution in [1.29, 1.82) is 5.26 Å². The molecule has 0 radical (unpaired) electrons. The van der Waals surface area contributed by atoms with Crippen molar-refractivity contribution in [3.63, 3.8) is 0 Å². The van der Waals surface area contributed by atoms with E-state index in [0.29, 0.717) is 27.7 Å². The number of hydrogen-bond acceptors (Lipinski definition) is 7. The number of carbonyl (C=O) groups is 1. The van der Waals surface area contributed by atoms with E-state index >= 15 is 0 Å². The molecule has 1 amide bonds. The first kappa shape index (κ1) is 17.8. The fourth-order valence-corrected chi connectivity index (χ4v) is 2.78. The molecule has 0 bridgehead atoms. The minimum atomic E-state index is -0.455. The summed E-state index contributed by atoms with van der Waals surface area (Å²) in [5.41, 5.74) is 3.38. The van der Waals surface area contributed by atoms with E-state index in [9.17, 15) is 4.79 Å². The summed E-state index contributed by atoms with van der Waals surface area (Å²) >= 11 is 3.37. The lowest BCUT2D eigenvalue weighted by Crippen LogP contribution is -2.45. The molecule has 0 aliphatic rings. The number of hydrazine groups is 1. The Morgan fingerprint density at radius 3 is 2.92 bits per heavy atom. The highest BCUT2D eigenvalue weighted by atomic mass is 79.9. The van der Waals surface area contributed by atoms with Crippen LogP contribution in [0.15, 0.2) is 39.5 Å². The van der Waals surface area contributed by atoms with Crippen molar-refractivity contribution in [3.05, 3.63) is 46.5 Å². The topological polar surface area (TPSA) is 108 Å². The number of nitrogens with one attached hydrogen (secondary N) is 1. The van der Waals surface area contributed by atoms with Gasteiger partial charge in [-0.1, -0.05) is 31.1 Å². The molecule has 1 N–H and O–H groups in total. The van der Waals surface area contributed by atoms with Gasteiger partial charge in [-0.05, 0) is 34.0 Å². The lowest BCUT2D eigenvalue weighted by molar-refractivity contribution is 0.0912. The van der Waals surface area contributed by atoms with Gasteiger partial charge in [0, 0.05) is 12.7 Å². The largest absolute Gasteiger partial charge is 0.350 e. The second-order valence-corrected chi connectivity index (χ2v) is 6.81. The van der Waals surface area contributed by atoms with Crippen LogP contribution in [-0.4, -0.2) is 27.6 Å². The molecule has 8 nitrogen and oxygen atoms in total. The van der Waals surface area contributed by atoms with E-state index < -0.39 is 5.91 Å². The predicted octanol–water partition coefficient (Wildman–Crippen LogP) is 3.06. The highest BCUT2D eigenvalue weighted by Gasteiger charge is 2.22. The van der Waals surface area contributed by atoms with Crippen LogP contribution in [0.4, 0.5) is 5.82 Å². The van der Waals surface area contributed by atoms with Gasteiger partial charge in [-0.3, -0.25) is 15.2 Å². The Labute approximate surface area is 157 Å². The second-order valence-electron chi connectivity index (χ2n) is 5.95. The number of anilines is 1. The van der Waals surface area contributed by atoms with Gasteiger partial charge in [0.25, 0.3) is 0 Å². The van der Waals surface area contributed by atoms with E-state index in [0.717, 1.165) is 0 Å². The minimum absolute atomic E-state index is 0.0105. The first-order valence-corrected chi connectivity index (χ1v) is 8.64. The maximum Gasteiger partial charge on any atom is 0.309 e. The zero-order chi connectivity index (χ0) is 18.7. The van der Waals surface area contributed by atoms with Gasteiger partial charge in [0.1, 0.15) is 11.6 Å². The number of aromatic nitrogens is 3. The predicted molar refractivity (Wildman–Crippen MR) is 98.1 cm³/mol. The summed E-state index contributed by atoms with van der Waals surface area (Å²) in [5, 5.41) is 15.1. The molecular formula is C17H15BrN6O2. The molecule has 0 saturated heterocycles. The molecule has 0 aliphatic heterocycles. The standard InChI is InChI=1S/C17H15BrN6O2/c1-10(2)9-24(16-12(18)8-20-14(7-19)21-16)22-17(25)15-11-5-3-4-6-13(11)23-26-15/h3-6,8,10H,9H2,1-2H3,(H,22,25).